The van der Waals surface area contributed by atoms with E-state index in [0.717, 1.165) is 58.5 Å². The number of anilines is 1. The second-order valence-electron chi connectivity index (χ2n) is 8.21. The minimum Gasteiger partial charge on any atom is -0.497 e. The summed E-state index contributed by atoms with van der Waals surface area (Å²) < 4.78 is 16.9. The molecule has 3 heterocycles. The van der Waals surface area contributed by atoms with Gasteiger partial charge in [0.05, 0.1) is 38.1 Å². The maximum absolute atomic E-state index is 10.0. The molecule has 0 bridgehead atoms. The Morgan fingerprint density at radius 1 is 1.20 bits per heavy atom. The van der Waals surface area contributed by atoms with Crippen LogP contribution in [0.1, 0.15) is 36.1 Å². The predicted molar refractivity (Wildman–Crippen MR) is 116 cm³/mol. The first-order chi connectivity index (χ1) is 14.5. The molecule has 2 aromatic rings. The summed E-state index contributed by atoms with van der Waals surface area (Å²) in [7, 11) is 1.67. The molecule has 1 N–H and O–H groups in total. The van der Waals surface area contributed by atoms with Crippen LogP contribution in [0.2, 0.25) is 0 Å². The lowest BCUT2D eigenvalue weighted by atomic mass is 9.89. The number of hydrogen-bond acceptors (Lipinski definition) is 6. The summed E-state index contributed by atoms with van der Waals surface area (Å²) in [4.78, 5) is 5.91. The smallest absolute Gasteiger partial charge is 0.281 e. The Kier molecular flexibility index (Phi) is 6.19. The summed E-state index contributed by atoms with van der Waals surface area (Å²) in [5, 5.41) is 11.0. The summed E-state index contributed by atoms with van der Waals surface area (Å²) in [6.45, 7) is 7.79. The number of morpholine rings is 1. The molecule has 0 amide bonds. The molecule has 1 saturated heterocycles. The van der Waals surface area contributed by atoms with Crippen molar-refractivity contribution in [1.29, 1.82) is 5.26 Å². The van der Waals surface area contributed by atoms with E-state index >= 15 is 0 Å². The van der Waals surface area contributed by atoms with Crippen molar-refractivity contribution in [2.75, 3.05) is 38.3 Å². The van der Waals surface area contributed by atoms with Gasteiger partial charge < -0.3 is 14.2 Å². The lowest BCUT2D eigenvalue weighted by Gasteiger charge is -2.34. The number of pyridine rings is 1. The molecule has 0 saturated carbocycles. The lowest BCUT2D eigenvalue weighted by Crippen LogP contribution is -2.43. The Labute approximate surface area is 182 Å². The molecule has 7 heteroatoms. The van der Waals surface area contributed by atoms with Gasteiger partial charge in [-0.05, 0) is 37.1 Å². The predicted octanol–water partition coefficient (Wildman–Crippen LogP) is 3.36. The van der Waals surface area contributed by atoms with E-state index in [2.05, 4.69) is 41.9 Å². The molecule has 158 valence electrons. The fourth-order valence-corrected chi connectivity index (χ4v) is 4.92. The van der Waals surface area contributed by atoms with Crippen molar-refractivity contribution < 1.29 is 19.2 Å². The molecule has 0 spiro atoms. The minimum atomic E-state index is -0.278. The maximum atomic E-state index is 10.0. The van der Waals surface area contributed by atoms with Crippen LogP contribution in [0.5, 0.6) is 5.75 Å². The van der Waals surface area contributed by atoms with Crippen molar-refractivity contribution in [2.45, 2.75) is 43.3 Å². The molecule has 0 radical (unpaired) electrons. The first kappa shape index (κ1) is 21.0. The molecule has 0 atom stereocenters. The Hall–Kier alpha value is -2.27. The van der Waals surface area contributed by atoms with Crippen LogP contribution in [0.3, 0.4) is 0 Å². The highest BCUT2D eigenvalue weighted by Gasteiger charge is 2.36. The van der Waals surface area contributed by atoms with Gasteiger partial charge in [-0.3, -0.25) is 4.90 Å². The van der Waals surface area contributed by atoms with E-state index in [1.165, 1.54) is 5.56 Å². The average molecular weight is 427 g/mol. The highest BCUT2D eigenvalue weighted by molar-refractivity contribution is 7.98. The quantitative estimate of drug-likeness (QED) is 0.683. The second-order valence-corrected chi connectivity index (χ2v) is 9.19. The van der Waals surface area contributed by atoms with Gasteiger partial charge in [-0.2, -0.15) is 5.26 Å². The molecule has 30 heavy (non-hydrogen) atoms. The fraction of sp³-hybridized carbons (Fsp3) is 0.478. The van der Waals surface area contributed by atoms with Crippen LogP contribution in [0.25, 0.3) is 0 Å². The van der Waals surface area contributed by atoms with Crippen molar-refractivity contribution in [1.82, 2.24) is 0 Å². The van der Waals surface area contributed by atoms with E-state index in [-0.39, 0.29) is 5.60 Å². The molecule has 0 aliphatic carbocycles. The Balaban J connectivity index is 1.70. The van der Waals surface area contributed by atoms with Crippen LogP contribution in [0, 0.1) is 11.3 Å². The molecule has 1 aromatic heterocycles. The third-order valence-corrected chi connectivity index (χ3v) is 6.67. The van der Waals surface area contributed by atoms with Gasteiger partial charge in [0.1, 0.15) is 30.5 Å². The van der Waals surface area contributed by atoms with Crippen LogP contribution in [0.4, 0.5) is 5.82 Å². The number of thioether (sulfide) groups is 1. The zero-order chi connectivity index (χ0) is 21.1. The van der Waals surface area contributed by atoms with Gasteiger partial charge in [0.2, 0.25) is 0 Å². The number of nitrogens with zero attached hydrogens (tertiary/aromatic N) is 2. The molecule has 6 nitrogen and oxygen atoms in total. The van der Waals surface area contributed by atoms with Crippen molar-refractivity contribution in [3.05, 3.63) is 46.5 Å². The third kappa shape index (κ3) is 4.41. The van der Waals surface area contributed by atoms with Crippen molar-refractivity contribution >= 4 is 17.6 Å². The number of nitrogens with one attached hydrogen (secondary N) is 1. The van der Waals surface area contributed by atoms with Gasteiger partial charge in [-0.15, -0.1) is 0 Å². The maximum Gasteiger partial charge on any atom is 0.281 e. The van der Waals surface area contributed by atoms with Crippen molar-refractivity contribution in [2.24, 2.45) is 0 Å². The standard InChI is InChI=1S/C23H27N3O3S/c1-23(2)12-18-19(13-24)22(30-15-16-4-6-17(27-3)7-5-16)25-21(20(18)14-29-23)26-8-10-28-11-9-26/h4-7H,8-12,14-15H2,1-3H3/p+1. The third-order valence-electron chi connectivity index (χ3n) is 5.60. The Bertz CT molecular complexity index is 948. The number of benzene rings is 1. The van der Waals surface area contributed by atoms with Gasteiger partial charge in [-0.1, -0.05) is 23.9 Å². The molecule has 1 fully saturated rings. The first-order valence-electron chi connectivity index (χ1n) is 10.2. The van der Waals surface area contributed by atoms with Crippen LogP contribution >= 0.6 is 11.8 Å². The number of aromatic nitrogens is 1. The zero-order valence-corrected chi connectivity index (χ0v) is 18.6. The van der Waals surface area contributed by atoms with Gasteiger partial charge in [0, 0.05) is 12.2 Å². The van der Waals surface area contributed by atoms with E-state index in [0.29, 0.717) is 19.8 Å². The summed E-state index contributed by atoms with van der Waals surface area (Å²) in [6.07, 6.45) is 0.730. The minimum absolute atomic E-state index is 0.278. The van der Waals surface area contributed by atoms with Gasteiger partial charge in [0.25, 0.3) is 5.82 Å². The summed E-state index contributed by atoms with van der Waals surface area (Å²) in [6, 6.07) is 10.5. The van der Waals surface area contributed by atoms with E-state index < -0.39 is 0 Å². The number of methoxy groups -OCH3 is 1. The number of hydrogen-bond donors (Lipinski definition) is 0. The summed E-state index contributed by atoms with van der Waals surface area (Å²) in [5.74, 6) is 2.69. The molecule has 4 rings (SSSR count). The SMILES string of the molecule is COc1ccc(CSc2[nH+]c(N3CCOCC3)c3c(c2C#N)CC(C)(C)OC3)cc1. The van der Waals surface area contributed by atoms with Crippen LogP contribution < -0.4 is 14.6 Å². The fourth-order valence-electron chi connectivity index (χ4n) is 3.93. The molecule has 1 aromatic carbocycles. The topological polar surface area (TPSA) is 68.9 Å². The number of fused-ring (bicyclic) bond motifs is 1. The number of nitriles is 1. The molecule has 2 aliphatic heterocycles. The van der Waals surface area contributed by atoms with E-state index in [1.54, 1.807) is 18.9 Å². The van der Waals surface area contributed by atoms with Gasteiger partial charge in [0.15, 0.2) is 5.03 Å². The second kappa shape index (κ2) is 8.84. The molecule has 0 unspecified atom stereocenters. The monoisotopic (exact) mass is 426 g/mol. The normalized spacial score (nSPS) is 17.9. The van der Waals surface area contributed by atoms with E-state index in [4.69, 9.17) is 14.2 Å². The highest BCUT2D eigenvalue weighted by Crippen LogP contribution is 2.37. The summed E-state index contributed by atoms with van der Waals surface area (Å²) in [5.41, 5.74) is 3.89. The number of rotatable bonds is 5. The van der Waals surface area contributed by atoms with Gasteiger partial charge >= 0.3 is 0 Å². The molecular formula is C23H28N3O3S+. The highest BCUT2D eigenvalue weighted by atomic mass is 32.2. The molecular weight excluding hydrogens is 398 g/mol. The van der Waals surface area contributed by atoms with Crippen molar-refractivity contribution in [3.63, 3.8) is 0 Å². The first-order valence-corrected chi connectivity index (χ1v) is 11.2. The van der Waals surface area contributed by atoms with E-state index in [1.807, 2.05) is 12.1 Å². The Morgan fingerprint density at radius 3 is 2.60 bits per heavy atom. The van der Waals surface area contributed by atoms with Crippen LogP contribution in [0.15, 0.2) is 29.3 Å². The van der Waals surface area contributed by atoms with Gasteiger partial charge in [-0.25, -0.2) is 4.98 Å². The molecule has 2 aliphatic rings. The average Bonchev–Trinajstić information content (AvgIpc) is 2.77. The van der Waals surface area contributed by atoms with Crippen LogP contribution in [-0.2, 0) is 28.3 Å². The van der Waals surface area contributed by atoms with Crippen LogP contribution in [-0.4, -0.2) is 39.0 Å². The lowest BCUT2D eigenvalue weighted by molar-refractivity contribution is -0.415. The number of H-pyrrole nitrogens is 1. The number of aromatic amines is 1. The largest absolute Gasteiger partial charge is 0.497 e. The van der Waals surface area contributed by atoms with E-state index in [9.17, 15) is 5.26 Å². The van der Waals surface area contributed by atoms with Crippen molar-refractivity contribution in [3.8, 4) is 11.8 Å². The summed E-state index contributed by atoms with van der Waals surface area (Å²) >= 11 is 1.67. The Morgan fingerprint density at radius 2 is 1.93 bits per heavy atom. The number of ether oxygens (including phenoxy) is 3. The zero-order valence-electron chi connectivity index (χ0n) is 17.8.